The summed E-state index contributed by atoms with van der Waals surface area (Å²) in [6.07, 6.45) is 1.93. The second-order valence-corrected chi connectivity index (χ2v) is 13.1. The maximum Gasteiger partial charge on any atom is 0.244 e. The lowest BCUT2D eigenvalue weighted by atomic mass is 10.0. The molecule has 11 heteroatoms. The lowest BCUT2D eigenvalue weighted by molar-refractivity contribution is -0.140. The highest BCUT2D eigenvalue weighted by Gasteiger charge is 2.33. The van der Waals surface area contributed by atoms with Crippen LogP contribution in [-0.2, 0) is 32.6 Å². The third kappa shape index (κ3) is 9.10. The van der Waals surface area contributed by atoms with Crippen molar-refractivity contribution in [1.82, 2.24) is 10.2 Å². The molecule has 3 rings (SSSR count). The smallest absolute Gasteiger partial charge is 0.244 e. The van der Waals surface area contributed by atoms with Gasteiger partial charge < -0.3 is 10.2 Å². The number of anilines is 1. The van der Waals surface area contributed by atoms with Crippen molar-refractivity contribution < 1.29 is 18.0 Å². The van der Waals surface area contributed by atoms with E-state index < -0.39 is 28.5 Å². The molecule has 0 saturated carbocycles. The van der Waals surface area contributed by atoms with Gasteiger partial charge in [-0.1, -0.05) is 84.2 Å². The molecule has 3 aromatic carbocycles. The van der Waals surface area contributed by atoms with Crippen LogP contribution in [-0.4, -0.2) is 50.0 Å². The van der Waals surface area contributed by atoms with Crippen LogP contribution < -0.4 is 9.62 Å². The van der Waals surface area contributed by atoms with Crippen LogP contribution in [0.1, 0.15) is 37.0 Å². The summed E-state index contributed by atoms with van der Waals surface area (Å²) in [6.45, 7) is 5.08. The first kappa shape index (κ1) is 32.7. The molecule has 0 radical (unpaired) electrons. The third-order valence-corrected chi connectivity index (χ3v) is 9.02. The molecule has 220 valence electrons. The van der Waals surface area contributed by atoms with Crippen LogP contribution in [0, 0.1) is 6.92 Å². The van der Waals surface area contributed by atoms with Gasteiger partial charge >= 0.3 is 0 Å². The van der Waals surface area contributed by atoms with Crippen molar-refractivity contribution in [3.63, 3.8) is 0 Å². The van der Waals surface area contributed by atoms with Crippen molar-refractivity contribution in [3.05, 3.63) is 98.5 Å². The SMILES string of the molecule is CC[C@@H](C)NC(=O)[C@H](Cc1ccccc1)N(Cc1ccc(Cl)c(Cl)c1)C(=O)CN(c1ccc(C)c(Cl)c1)S(C)(=O)=O. The van der Waals surface area contributed by atoms with Gasteiger partial charge in [0.2, 0.25) is 21.8 Å². The standard InChI is InChI=1S/C30H34Cl3N3O4S/c1-5-21(3)34-30(38)28(16-22-9-7-6-8-10-22)35(18-23-12-14-25(31)27(33)15-23)29(37)19-36(41(4,39)40)24-13-11-20(2)26(32)17-24/h6-15,17,21,28H,5,16,18-19H2,1-4H3,(H,34,38)/t21-,28+/m1/s1. The van der Waals surface area contributed by atoms with Gasteiger partial charge in [0.1, 0.15) is 12.6 Å². The van der Waals surface area contributed by atoms with Crippen LogP contribution in [0.4, 0.5) is 5.69 Å². The highest BCUT2D eigenvalue weighted by molar-refractivity contribution is 7.92. The average molecular weight is 639 g/mol. The number of nitrogens with one attached hydrogen (secondary N) is 1. The Labute approximate surface area is 257 Å². The first-order chi connectivity index (χ1) is 19.3. The predicted octanol–water partition coefficient (Wildman–Crippen LogP) is 6.28. The van der Waals surface area contributed by atoms with E-state index in [0.29, 0.717) is 27.1 Å². The highest BCUT2D eigenvalue weighted by atomic mass is 35.5. The number of rotatable bonds is 12. The Balaban J connectivity index is 2.09. The summed E-state index contributed by atoms with van der Waals surface area (Å²) in [4.78, 5) is 29.2. The van der Waals surface area contributed by atoms with Gasteiger partial charge in [0.15, 0.2) is 0 Å². The molecule has 0 unspecified atom stereocenters. The fourth-order valence-corrected chi connectivity index (χ4v) is 5.52. The molecule has 2 amide bonds. The van der Waals surface area contributed by atoms with Crippen LogP contribution in [0.5, 0.6) is 0 Å². The Kier molecular flexibility index (Phi) is 11.5. The summed E-state index contributed by atoms with van der Waals surface area (Å²) < 4.78 is 26.8. The van der Waals surface area contributed by atoms with E-state index in [-0.39, 0.29) is 30.6 Å². The molecule has 0 aliphatic heterocycles. The molecular formula is C30H34Cl3N3O4S. The largest absolute Gasteiger partial charge is 0.352 e. The Bertz CT molecular complexity index is 1490. The van der Waals surface area contributed by atoms with Crippen molar-refractivity contribution in [2.45, 2.75) is 52.2 Å². The van der Waals surface area contributed by atoms with Gasteiger partial charge in [-0.15, -0.1) is 0 Å². The molecule has 7 nitrogen and oxygen atoms in total. The van der Waals surface area contributed by atoms with E-state index in [2.05, 4.69) is 5.32 Å². The zero-order chi connectivity index (χ0) is 30.3. The second kappa shape index (κ2) is 14.4. The molecule has 0 heterocycles. The minimum atomic E-state index is -3.90. The number of carbonyl (C=O) groups is 2. The molecule has 41 heavy (non-hydrogen) atoms. The van der Waals surface area contributed by atoms with Crippen molar-refractivity contribution in [1.29, 1.82) is 0 Å². The third-order valence-electron chi connectivity index (χ3n) is 6.73. The summed E-state index contributed by atoms with van der Waals surface area (Å²) in [5, 5.41) is 4.01. The van der Waals surface area contributed by atoms with Gasteiger partial charge in [-0.3, -0.25) is 13.9 Å². The van der Waals surface area contributed by atoms with E-state index in [4.69, 9.17) is 34.8 Å². The number of halogens is 3. The molecule has 0 saturated heterocycles. The minimum Gasteiger partial charge on any atom is -0.352 e. The lowest BCUT2D eigenvalue weighted by Gasteiger charge is -2.34. The van der Waals surface area contributed by atoms with Gasteiger partial charge in [-0.2, -0.15) is 0 Å². The number of hydrogen-bond donors (Lipinski definition) is 1. The monoisotopic (exact) mass is 637 g/mol. The molecule has 3 aromatic rings. The van der Waals surface area contributed by atoms with Crippen molar-refractivity contribution in [3.8, 4) is 0 Å². The van der Waals surface area contributed by atoms with Crippen molar-refractivity contribution in [2.24, 2.45) is 0 Å². The van der Waals surface area contributed by atoms with Gasteiger partial charge in [0, 0.05) is 24.0 Å². The highest BCUT2D eigenvalue weighted by Crippen LogP contribution is 2.27. The summed E-state index contributed by atoms with van der Waals surface area (Å²) in [5.41, 5.74) is 2.48. The molecule has 0 aliphatic carbocycles. The molecule has 2 atom stereocenters. The Morgan fingerprint density at radius 2 is 1.59 bits per heavy atom. The van der Waals surface area contributed by atoms with Crippen LogP contribution in [0.3, 0.4) is 0 Å². The fraction of sp³-hybridized carbons (Fsp3) is 0.333. The molecule has 0 aliphatic rings. The van der Waals surface area contributed by atoms with Gasteiger partial charge in [-0.05, 0) is 61.2 Å². The second-order valence-electron chi connectivity index (χ2n) is 10.00. The van der Waals surface area contributed by atoms with Gasteiger partial charge in [0.25, 0.3) is 0 Å². The van der Waals surface area contributed by atoms with E-state index in [1.807, 2.05) is 44.2 Å². The Morgan fingerprint density at radius 1 is 0.902 bits per heavy atom. The molecule has 1 N–H and O–H groups in total. The average Bonchev–Trinajstić information content (AvgIpc) is 2.92. The van der Waals surface area contributed by atoms with Crippen LogP contribution in [0.2, 0.25) is 15.1 Å². The topological polar surface area (TPSA) is 86.8 Å². The maximum absolute atomic E-state index is 14.1. The van der Waals surface area contributed by atoms with Crippen LogP contribution in [0.15, 0.2) is 66.7 Å². The first-order valence-corrected chi connectivity index (χ1v) is 16.1. The summed E-state index contributed by atoms with van der Waals surface area (Å²) >= 11 is 18.7. The zero-order valence-electron chi connectivity index (χ0n) is 23.4. The maximum atomic E-state index is 14.1. The lowest BCUT2D eigenvalue weighted by Crippen LogP contribution is -2.54. The van der Waals surface area contributed by atoms with E-state index in [9.17, 15) is 18.0 Å². The Morgan fingerprint density at radius 3 is 2.17 bits per heavy atom. The molecule has 0 fully saturated rings. The number of hydrogen-bond acceptors (Lipinski definition) is 4. The summed E-state index contributed by atoms with van der Waals surface area (Å²) in [7, 11) is -3.90. The number of benzene rings is 3. The molecular weight excluding hydrogens is 605 g/mol. The van der Waals surface area contributed by atoms with E-state index in [1.54, 1.807) is 37.3 Å². The van der Waals surface area contributed by atoms with Crippen molar-refractivity contribution in [2.75, 3.05) is 17.1 Å². The normalized spacial score (nSPS) is 12.9. The number of carbonyl (C=O) groups excluding carboxylic acids is 2. The van der Waals surface area contributed by atoms with Gasteiger partial charge in [0.05, 0.1) is 22.0 Å². The summed E-state index contributed by atoms with van der Waals surface area (Å²) in [6, 6.07) is 18.0. The minimum absolute atomic E-state index is 0.00654. The number of nitrogens with zero attached hydrogens (tertiary/aromatic N) is 2. The molecule has 0 spiro atoms. The van der Waals surface area contributed by atoms with E-state index in [0.717, 1.165) is 21.7 Å². The number of sulfonamides is 1. The number of aryl methyl sites for hydroxylation is 1. The predicted molar refractivity (Wildman–Crippen MR) is 167 cm³/mol. The van der Waals surface area contributed by atoms with Gasteiger partial charge in [-0.25, -0.2) is 8.42 Å². The van der Waals surface area contributed by atoms with Crippen LogP contribution >= 0.6 is 34.8 Å². The van der Waals surface area contributed by atoms with E-state index >= 15 is 0 Å². The fourth-order valence-electron chi connectivity index (χ4n) is 4.18. The number of amides is 2. The van der Waals surface area contributed by atoms with Crippen LogP contribution in [0.25, 0.3) is 0 Å². The van der Waals surface area contributed by atoms with E-state index in [1.165, 1.54) is 11.0 Å². The molecule has 0 bridgehead atoms. The Hall–Kier alpha value is -2.78. The van der Waals surface area contributed by atoms with Crippen molar-refractivity contribution >= 4 is 62.3 Å². The summed E-state index contributed by atoms with van der Waals surface area (Å²) in [5.74, 6) is -0.917. The zero-order valence-corrected chi connectivity index (χ0v) is 26.5. The quantitative estimate of drug-likeness (QED) is 0.253. The molecule has 0 aromatic heterocycles. The first-order valence-electron chi connectivity index (χ1n) is 13.1.